The molecule has 0 radical (unpaired) electrons. The molecule has 2 heteroatoms. The van der Waals surface area contributed by atoms with Crippen LogP contribution in [0.1, 0.15) is 32.6 Å². The summed E-state index contributed by atoms with van der Waals surface area (Å²) in [6.07, 6.45) is 5.14. The molecule has 8 heavy (non-hydrogen) atoms. The molecule has 0 aromatic rings. The van der Waals surface area contributed by atoms with E-state index < -0.39 is 0 Å². The van der Waals surface area contributed by atoms with Gasteiger partial charge in [0.15, 0.2) is 0 Å². The number of hydrogen-bond donors (Lipinski definition) is 0. The Morgan fingerprint density at radius 2 is 2.00 bits per heavy atom. The minimum atomic E-state index is 0.881. The van der Waals surface area contributed by atoms with E-state index in [-0.39, 0.29) is 0 Å². The van der Waals surface area contributed by atoms with Gasteiger partial charge in [-0.25, -0.2) is 0 Å². The van der Waals surface area contributed by atoms with Gasteiger partial charge in [0.25, 0.3) is 0 Å². The fourth-order valence-electron chi connectivity index (χ4n) is 0.569. The van der Waals surface area contributed by atoms with Gasteiger partial charge in [-0.1, -0.05) is 0 Å². The summed E-state index contributed by atoms with van der Waals surface area (Å²) in [5.74, 6) is 0. The van der Waals surface area contributed by atoms with E-state index >= 15 is 0 Å². The van der Waals surface area contributed by atoms with Crippen LogP contribution in [-0.4, -0.2) is 6.61 Å². The molecule has 0 aromatic heterocycles. The second kappa shape index (κ2) is 8.19. The predicted molar refractivity (Wildman–Crippen MR) is 30.1 cm³/mol. The molecule has 0 saturated carbocycles. The first-order valence-corrected chi connectivity index (χ1v) is 3.84. The summed E-state index contributed by atoms with van der Waals surface area (Å²) < 4.78 is 4.78. The third kappa shape index (κ3) is 7.19. The summed E-state index contributed by atoms with van der Waals surface area (Å²) in [5.41, 5.74) is 0. The van der Waals surface area contributed by atoms with Crippen LogP contribution in [0.3, 0.4) is 0 Å². The quantitative estimate of drug-likeness (QED) is 0.695. The first kappa shape index (κ1) is 9.19. The number of hydrogen-bond acceptors (Lipinski definition) is 1. The van der Waals surface area contributed by atoms with E-state index in [0.29, 0.717) is 0 Å². The van der Waals surface area contributed by atoms with Crippen LogP contribution in [0, 0.1) is 35.5 Å². The summed E-state index contributed by atoms with van der Waals surface area (Å²) >= 11 is 2.43. The van der Waals surface area contributed by atoms with Crippen molar-refractivity contribution < 1.29 is 37.1 Å². The monoisotopic (exact) mass is 270 g/mol. The van der Waals surface area contributed by atoms with Crippen molar-refractivity contribution in [2.45, 2.75) is 32.6 Å². The van der Waals surface area contributed by atoms with Crippen LogP contribution in [0.2, 0.25) is 0 Å². The second-order valence-corrected chi connectivity index (χ2v) is 2.36. The molecule has 0 unspecified atom stereocenters. The summed E-state index contributed by atoms with van der Waals surface area (Å²) in [4.78, 5) is 0. The molecule has 56 valence electrons. The van der Waals surface area contributed by atoms with Crippen molar-refractivity contribution in [1.29, 1.82) is 0 Å². The molecule has 0 heterocycles. The van der Waals surface area contributed by atoms with Gasteiger partial charge in [-0.3, -0.25) is 0 Å². The summed E-state index contributed by atoms with van der Waals surface area (Å²) in [6, 6.07) is 0. The van der Waals surface area contributed by atoms with Gasteiger partial charge in [0.05, 0.1) is 0 Å². The Morgan fingerprint density at radius 3 is 2.50 bits per heavy atom. The van der Waals surface area contributed by atoms with Crippen LogP contribution in [0.15, 0.2) is 0 Å². The molecule has 0 saturated heterocycles. The second-order valence-electron chi connectivity index (χ2n) is 1.84. The van der Waals surface area contributed by atoms with Gasteiger partial charge in [-0.05, 0) is 0 Å². The molecule has 0 bridgehead atoms. The van der Waals surface area contributed by atoms with Crippen LogP contribution >= 0.6 is 0 Å². The Labute approximate surface area is 75.7 Å². The third-order valence-electron chi connectivity index (χ3n) is 1.05. The molecule has 1 nitrogen and oxygen atoms in total. The van der Waals surface area contributed by atoms with Crippen molar-refractivity contribution in [1.82, 2.24) is 0 Å². The fourth-order valence-corrected chi connectivity index (χ4v) is 0.826. The van der Waals surface area contributed by atoms with E-state index in [1.54, 1.807) is 0 Å². The van der Waals surface area contributed by atoms with Gasteiger partial charge in [0.1, 0.15) is 0 Å². The molecular weight excluding hydrogens is 257 g/mol. The first-order valence-electron chi connectivity index (χ1n) is 3.11. The Bertz CT molecular complexity index is 33.5. The number of rotatable bonds is 5. The average Bonchev–Trinajstić information content (AvgIpc) is 1.81. The van der Waals surface area contributed by atoms with Crippen molar-refractivity contribution in [2.24, 2.45) is 0 Å². The molecule has 0 rings (SSSR count). The fraction of sp³-hybridized carbons (Fsp3) is 1.00. The summed E-state index contributed by atoms with van der Waals surface area (Å²) in [5, 5.41) is 0. The van der Waals surface area contributed by atoms with E-state index in [9.17, 15) is 0 Å². The Morgan fingerprint density at radius 1 is 1.25 bits per heavy atom. The molecule has 0 aliphatic heterocycles. The Kier molecular flexibility index (Phi) is 9.42. The zero-order valence-corrected chi connectivity index (χ0v) is 7.00. The maximum atomic E-state index is 4.78. The van der Waals surface area contributed by atoms with Gasteiger partial charge >= 0.3 is 76.3 Å². The maximum absolute atomic E-state index is 4.78. The minimum absolute atomic E-state index is 0.881. The first-order chi connectivity index (χ1) is 3.91. The van der Waals surface area contributed by atoms with Gasteiger partial charge in [-0.2, -0.15) is 0 Å². The molecule has 0 atom stereocenters. The van der Waals surface area contributed by atoms with Crippen molar-refractivity contribution in [3.05, 3.63) is 0 Å². The van der Waals surface area contributed by atoms with Gasteiger partial charge < -0.3 is 0 Å². The van der Waals surface area contributed by atoms with E-state index in [1.165, 1.54) is 25.7 Å². The van der Waals surface area contributed by atoms with Gasteiger partial charge in [0, 0.05) is 0 Å². The average molecular weight is 270 g/mol. The van der Waals surface area contributed by atoms with Crippen LogP contribution in [0.25, 0.3) is 0 Å². The number of unbranched alkanes of at least 4 members (excludes halogenated alkanes) is 3. The molecule has 0 aromatic carbocycles. The van der Waals surface area contributed by atoms with E-state index in [4.69, 9.17) is 1.55 Å². The Hall–Kier alpha value is 1.19. The molecule has 0 aliphatic carbocycles. The Balaban J connectivity index is 2.53. The summed E-state index contributed by atoms with van der Waals surface area (Å²) in [7, 11) is 0. The topological polar surface area (TPSA) is 9.23 Å². The molecule has 0 spiro atoms. The van der Waals surface area contributed by atoms with Crippen molar-refractivity contribution >= 4 is 0 Å². The van der Waals surface area contributed by atoms with Crippen LogP contribution < -0.4 is 0 Å². The zero-order chi connectivity index (χ0) is 6.24. The molecule has 0 aliphatic rings. The van der Waals surface area contributed by atoms with Crippen molar-refractivity contribution in [3.8, 4) is 0 Å². The standard InChI is InChI=1S/C6H13O.Tm/c1-2-3-4-5-6-7;/h2-6H2,1H3;/q-1;+1. The van der Waals surface area contributed by atoms with Crippen molar-refractivity contribution in [2.75, 3.05) is 6.61 Å². The SMILES string of the molecule is CCCCCC[O][Tm]. The normalized spacial score (nSPS) is 9.88. The molecule has 0 N–H and O–H groups in total. The predicted octanol–water partition coefficient (Wildman–Crippen LogP) is 2.05. The zero-order valence-electron chi connectivity index (χ0n) is 5.22. The van der Waals surface area contributed by atoms with E-state index in [0.717, 1.165) is 6.61 Å². The van der Waals surface area contributed by atoms with Gasteiger partial charge in [0.2, 0.25) is 0 Å². The van der Waals surface area contributed by atoms with Gasteiger partial charge in [-0.15, -0.1) is 0 Å². The summed E-state index contributed by atoms with van der Waals surface area (Å²) in [6.45, 7) is 3.09. The molecule has 0 amide bonds. The van der Waals surface area contributed by atoms with Crippen LogP contribution in [0.4, 0.5) is 0 Å². The van der Waals surface area contributed by atoms with Crippen molar-refractivity contribution in [3.63, 3.8) is 0 Å². The van der Waals surface area contributed by atoms with E-state index in [2.05, 4.69) is 42.4 Å². The molecule has 0 fully saturated rings. The van der Waals surface area contributed by atoms with E-state index in [1.807, 2.05) is 0 Å². The van der Waals surface area contributed by atoms with Crippen LogP contribution in [0.5, 0.6) is 0 Å². The van der Waals surface area contributed by atoms with Crippen LogP contribution in [-0.2, 0) is 1.55 Å². The molecular formula is C6H13OTm. The third-order valence-corrected chi connectivity index (χ3v) is 1.42.